The van der Waals surface area contributed by atoms with Crippen LogP contribution in [0.5, 0.6) is 0 Å². The van der Waals surface area contributed by atoms with E-state index in [0.29, 0.717) is 24.5 Å². The van der Waals surface area contributed by atoms with Gasteiger partial charge in [0, 0.05) is 42.4 Å². The van der Waals surface area contributed by atoms with Gasteiger partial charge in [0.05, 0.1) is 17.7 Å². The number of carbonyl (C=O) groups excluding carboxylic acids is 1. The molecule has 0 unspecified atom stereocenters. The van der Waals surface area contributed by atoms with Gasteiger partial charge >= 0.3 is 0 Å². The minimum Gasteiger partial charge on any atom is -0.306 e. The number of carbonyl (C=O) groups is 1. The summed E-state index contributed by atoms with van der Waals surface area (Å²) in [5.74, 6) is 0.645. The molecular weight excluding hydrogens is 276 g/mol. The van der Waals surface area contributed by atoms with E-state index in [9.17, 15) is 4.79 Å². The van der Waals surface area contributed by atoms with Crippen molar-refractivity contribution >= 4 is 5.78 Å². The van der Waals surface area contributed by atoms with Gasteiger partial charge in [-0.1, -0.05) is 12.1 Å². The second kappa shape index (κ2) is 4.94. The van der Waals surface area contributed by atoms with Crippen LogP contribution in [0.1, 0.15) is 30.0 Å². The van der Waals surface area contributed by atoms with Crippen molar-refractivity contribution in [1.82, 2.24) is 19.7 Å². The van der Waals surface area contributed by atoms with Crippen molar-refractivity contribution in [3.05, 3.63) is 54.2 Å². The van der Waals surface area contributed by atoms with Crippen molar-refractivity contribution in [1.29, 1.82) is 0 Å². The molecule has 5 heteroatoms. The average Bonchev–Trinajstić information content (AvgIpc) is 3.16. The molecule has 0 atom stereocenters. The number of nitrogens with zero attached hydrogens (tertiary/aromatic N) is 3. The third-order valence-corrected chi connectivity index (χ3v) is 4.27. The molecule has 1 saturated carbocycles. The van der Waals surface area contributed by atoms with Crippen LogP contribution in [0.15, 0.2) is 43.0 Å². The lowest BCUT2D eigenvalue weighted by molar-refractivity contribution is -0.124. The lowest BCUT2D eigenvalue weighted by Crippen LogP contribution is -2.21. The summed E-state index contributed by atoms with van der Waals surface area (Å²) in [6, 6.07) is 8.33. The first-order valence-electron chi connectivity index (χ1n) is 7.37. The number of aromatic nitrogens is 4. The van der Waals surface area contributed by atoms with Gasteiger partial charge in [0.1, 0.15) is 5.78 Å². The number of H-pyrrole nitrogens is 1. The monoisotopic (exact) mass is 292 g/mol. The Balaban J connectivity index is 1.68. The van der Waals surface area contributed by atoms with Crippen LogP contribution in [-0.4, -0.2) is 25.5 Å². The van der Waals surface area contributed by atoms with E-state index in [-0.39, 0.29) is 0 Å². The van der Waals surface area contributed by atoms with Gasteiger partial charge in [-0.2, -0.15) is 5.10 Å². The summed E-state index contributed by atoms with van der Waals surface area (Å²) in [7, 11) is 0. The molecule has 1 fully saturated rings. The van der Waals surface area contributed by atoms with Gasteiger partial charge in [-0.25, -0.2) is 4.98 Å². The highest BCUT2D eigenvalue weighted by Crippen LogP contribution is 2.34. The molecule has 2 aromatic heterocycles. The van der Waals surface area contributed by atoms with E-state index >= 15 is 0 Å². The number of ketones is 1. The molecule has 110 valence electrons. The van der Waals surface area contributed by atoms with E-state index in [1.54, 1.807) is 12.5 Å². The SMILES string of the molecule is Cc1ccc(-c2cc(C3CC(=O)C3)[nH]n2)cc1-n1ccnc1. The highest BCUT2D eigenvalue weighted by molar-refractivity contribution is 5.86. The molecule has 2 heterocycles. The molecule has 0 spiro atoms. The fourth-order valence-electron chi connectivity index (χ4n) is 2.85. The third-order valence-electron chi connectivity index (χ3n) is 4.27. The van der Waals surface area contributed by atoms with Crippen molar-refractivity contribution in [3.63, 3.8) is 0 Å². The quantitative estimate of drug-likeness (QED) is 0.807. The Morgan fingerprint density at radius 1 is 1.27 bits per heavy atom. The topological polar surface area (TPSA) is 63.6 Å². The minimum atomic E-state index is 0.312. The predicted molar refractivity (Wildman–Crippen MR) is 82.9 cm³/mol. The Hall–Kier alpha value is -2.69. The number of benzene rings is 1. The van der Waals surface area contributed by atoms with Crippen LogP contribution in [0.2, 0.25) is 0 Å². The van der Waals surface area contributed by atoms with Crippen LogP contribution in [-0.2, 0) is 4.79 Å². The lowest BCUT2D eigenvalue weighted by Gasteiger charge is -2.21. The molecule has 0 aliphatic heterocycles. The summed E-state index contributed by atoms with van der Waals surface area (Å²) in [4.78, 5) is 15.2. The highest BCUT2D eigenvalue weighted by atomic mass is 16.1. The van der Waals surface area contributed by atoms with Crippen molar-refractivity contribution in [2.45, 2.75) is 25.7 Å². The molecule has 5 nitrogen and oxygen atoms in total. The van der Waals surface area contributed by atoms with E-state index in [4.69, 9.17) is 0 Å². The van der Waals surface area contributed by atoms with E-state index in [1.807, 2.05) is 10.8 Å². The minimum absolute atomic E-state index is 0.312. The molecule has 0 saturated heterocycles. The maximum atomic E-state index is 11.1. The third kappa shape index (κ3) is 2.15. The first-order chi connectivity index (χ1) is 10.7. The molecule has 1 N–H and O–H groups in total. The van der Waals surface area contributed by atoms with Crippen LogP contribution in [0.4, 0.5) is 0 Å². The van der Waals surface area contributed by atoms with Crippen molar-refractivity contribution in [2.75, 3.05) is 0 Å². The second-order valence-electron chi connectivity index (χ2n) is 5.82. The largest absolute Gasteiger partial charge is 0.306 e. The van der Waals surface area contributed by atoms with Crippen LogP contribution >= 0.6 is 0 Å². The first kappa shape index (κ1) is 13.0. The average molecular weight is 292 g/mol. The molecule has 1 aliphatic carbocycles. The Bertz CT molecular complexity index is 824. The first-order valence-corrected chi connectivity index (χ1v) is 7.37. The number of aromatic amines is 1. The fourth-order valence-corrected chi connectivity index (χ4v) is 2.85. The predicted octanol–water partition coefficient (Wildman–Crippen LogP) is 3.02. The van der Waals surface area contributed by atoms with Crippen LogP contribution in [0.25, 0.3) is 16.9 Å². The summed E-state index contributed by atoms with van der Waals surface area (Å²) in [6.07, 6.45) is 6.77. The maximum Gasteiger partial charge on any atom is 0.134 e. The standard InChI is InChI=1S/C17H16N4O/c1-11-2-3-12(8-17(11)21-5-4-18-10-21)15-9-16(20-19-15)13-6-14(22)7-13/h2-5,8-10,13H,6-7H2,1H3,(H,19,20). The molecule has 1 aliphatic rings. The molecule has 0 bridgehead atoms. The molecule has 1 aromatic carbocycles. The number of rotatable bonds is 3. The molecule has 0 radical (unpaired) electrons. The zero-order chi connectivity index (χ0) is 15.1. The van der Waals surface area contributed by atoms with Gasteiger partial charge in [-0.3, -0.25) is 9.89 Å². The number of Topliss-reactive ketones (excluding diaryl/α,β-unsaturated/α-hetero) is 1. The van der Waals surface area contributed by atoms with Crippen molar-refractivity contribution < 1.29 is 4.79 Å². The van der Waals surface area contributed by atoms with Gasteiger partial charge < -0.3 is 4.57 Å². The summed E-state index contributed by atoms with van der Waals surface area (Å²) in [5, 5.41) is 7.48. The number of aryl methyl sites for hydroxylation is 1. The van der Waals surface area contributed by atoms with E-state index in [2.05, 4.69) is 46.4 Å². The van der Waals surface area contributed by atoms with Crippen LogP contribution in [0.3, 0.4) is 0 Å². The number of hydrogen-bond donors (Lipinski definition) is 1. The Labute approximate surface area is 128 Å². The smallest absolute Gasteiger partial charge is 0.134 e. The van der Waals surface area contributed by atoms with E-state index in [0.717, 1.165) is 22.6 Å². The molecular formula is C17H16N4O. The van der Waals surface area contributed by atoms with Gasteiger partial charge in [-0.15, -0.1) is 0 Å². The number of nitrogens with one attached hydrogen (secondary N) is 1. The zero-order valence-electron chi connectivity index (χ0n) is 12.3. The van der Waals surface area contributed by atoms with E-state index < -0.39 is 0 Å². The maximum absolute atomic E-state index is 11.1. The normalized spacial score (nSPS) is 15.0. The lowest BCUT2D eigenvalue weighted by atomic mass is 9.81. The summed E-state index contributed by atoms with van der Waals surface area (Å²) in [5.41, 5.74) is 5.30. The summed E-state index contributed by atoms with van der Waals surface area (Å²) < 4.78 is 2.00. The number of hydrogen-bond acceptors (Lipinski definition) is 3. The van der Waals surface area contributed by atoms with E-state index in [1.165, 1.54) is 5.56 Å². The molecule has 22 heavy (non-hydrogen) atoms. The highest BCUT2D eigenvalue weighted by Gasteiger charge is 2.29. The van der Waals surface area contributed by atoms with Gasteiger partial charge in [0.15, 0.2) is 0 Å². The zero-order valence-corrected chi connectivity index (χ0v) is 12.3. The molecule has 0 amide bonds. The Morgan fingerprint density at radius 3 is 2.86 bits per heavy atom. The second-order valence-corrected chi connectivity index (χ2v) is 5.82. The fraction of sp³-hybridized carbons (Fsp3) is 0.235. The Morgan fingerprint density at radius 2 is 2.14 bits per heavy atom. The summed E-state index contributed by atoms with van der Waals surface area (Å²) in [6.45, 7) is 2.08. The van der Waals surface area contributed by atoms with Crippen molar-refractivity contribution in [2.24, 2.45) is 0 Å². The van der Waals surface area contributed by atoms with Gasteiger partial charge in [-0.05, 0) is 24.6 Å². The molecule has 3 aromatic rings. The summed E-state index contributed by atoms with van der Waals surface area (Å²) >= 11 is 0. The van der Waals surface area contributed by atoms with Gasteiger partial charge in [0.2, 0.25) is 0 Å². The van der Waals surface area contributed by atoms with Crippen molar-refractivity contribution in [3.8, 4) is 16.9 Å². The molecule has 4 rings (SSSR count). The van der Waals surface area contributed by atoms with Crippen LogP contribution in [0, 0.1) is 6.92 Å². The van der Waals surface area contributed by atoms with Crippen LogP contribution < -0.4 is 0 Å². The number of imidazole rings is 1. The van der Waals surface area contributed by atoms with Gasteiger partial charge in [0.25, 0.3) is 0 Å². The Kier molecular flexibility index (Phi) is 2.92.